The summed E-state index contributed by atoms with van der Waals surface area (Å²) in [6.45, 7) is 6.47. The first kappa shape index (κ1) is 10.6. The Labute approximate surface area is 80.5 Å². The molecule has 13 heavy (non-hydrogen) atoms. The predicted octanol–water partition coefficient (Wildman–Crippen LogP) is 2.27. The highest BCUT2D eigenvalue weighted by Gasteiger charge is 2.08. The number of hydrogen-bond donors (Lipinski definition) is 1. The van der Waals surface area contributed by atoms with E-state index in [2.05, 4.69) is 6.07 Å². The molecule has 1 atom stereocenters. The maximum atomic E-state index is 9.61. The lowest BCUT2D eigenvalue weighted by Gasteiger charge is -2.10. The molecule has 0 aliphatic heterocycles. The average molecular weight is 198 g/mol. The summed E-state index contributed by atoms with van der Waals surface area (Å²) >= 11 is 0. The van der Waals surface area contributed by atoms with Crippen LogP contribution in [0.3, 0.4) is 0 Å². The lowest BCUT2D eigenvalue weighted by atomic mass is 10.2. The van der Waals surface area contributed by atoms with Crippen LogP contribution in [0.4, 0.5) is 0 Å². The van der Waals surface area contributed by atoms with Crippen LogP contribution in [0.5, 0.6) is 0 Å². The van der Waals surface area contributed by atoms with E-state index >= 15 is 0 Å². The number of hydrogen-bond acceptors (Lipinski definition) is 2. The molecular formula is C10H15O2P. The summed E-state index contributed by atoms with van der Waals surface area (Å²) in [5, 5.41) is 0.898. The second-order valence-electron chi connectivity index (χ2n) is 3.04. The van der Waals surface area contributed by atoms with Gasteiger partial charge in [0, 0.05) is 5.30 Å². The van der Waals surface area contributed by atoms with Gasteiger partial charge in [-0.25, -0.2) is 0 Å². The SMILES string of the molecule is CCOP(O)c1cc(C)cc(C)c1. The summed E-state index contributed by atoms with van der Waals surface area (Å²) in [5.41, 5.74) is 2.33. The van der Waals surface area contributed by atoms with Gasteiger partial charge in [-0.15, -0.1) is 0 Å². The van der Waals surface area contributed by atoms with Crippen molar-refractivity contribution in [3.8, 4) is 0 Å². The Bertz CT molecular complexity index is 266. The van der Waals surface area contributed by atoms with Crippen molar-refractivity contribution in [2.75, 3.05) is 6.61 Å². The van der Waals surface area contributed by atoms with E-state index in [4.69, 9.17) is 4.52 Å². The molecule has 3 heteroatoms. The van der Waals surface area contributed by atoms with E-state index in [-0.39, 0.29) is 0 Å². The first-order valence-corrected chi connectivity index (χ1v) is 5.55. The molecule has 1 rings (SSSR count). The van der Waals surface area contributed by atoms with Crippen molar-refractivity contribution in [3.63, 3.8) is 0 Å². The quantitative estimate of drug-likeness (QED) is 0.755. The smallest absolute Gasteiger partial charge is 0.202 e. The first-order chi connectivity index (χ1) is 6.13. The third kappa shape index (κ3) is 3.07. The fraction of sp³-hybridized carbons (Fsp3) is 0.400. The van der Waals surface area contributed by atoms with Crippen LogP contribution in [0.2, 0.25) is 0 Å². The molecule has 0 bridgehead atoms. The number of aryl methyl sites for hydroxylation is 2. The van der Waals surface area contributed by atoms with Crippen LogP contribution < -0.4 is 5.30 Å². The van der Waals surface area contributed by atoms with E-state index < -0.39 is 8.38 Å². The number of benzene rings is 1. The predicted molar refractivity (Wildman–Crippen MR) is 56.3 cm³/mol. The molecule has 72 valence electrons. The zero-order chi connectivity index (χ0) is 9.84. The van der Waals surface area contributed by atoms with Crippen molar-refractivity contribution in [2.24, 2.45) is 0 Å². The van der Waals surface area contributed by atoms with Crippen LogP contribution in [0.15, 0.2) is 18.2 Å². The topological polar surface area (TPSA) is 29.5 Å². The lowest BCUT2D eigenvalue weighted by Crippen LogP contribution is -2.04. The molecular weight excluding hydrogens is 183 g/mol. The first-order valence-electron chi connectivity index (χ1n) is 4.33. The molecule has 1 aromatic rings. The van der Waals surface area contributed by atoms with Crippen molar-refractivity contribution in [3.05, 3.63) is 29.3 Å². The van der Waals surface area contributed by atoms with Crippen molar-refractivity contribution in [2.45, 2.75) is 20.8 Å². The van der Waals surface area contributed by atoms with Crippen molar-refractivity contribution in [1.29, 1.82) is 0 Å². The van der Waals surface area contributed by atoms with Gasteiger partial charge in [-0.3, -0.25) is 0 Å². The summed E-state index contributed by atoms with van der Waals surface area (Å²) in [6.07, 6.45) is 0. The summed E-state index contributed by atoms with van der Waals surface area (Å²) in [6, 6.07) is 6.02. The zero-order valence-electron chi connectivity index (χ0n) is 8.24. The standard InChI is InChI=1S/C10H15O2P/c1-4-12-13(11)10-6-8(2)5-9(3)7-10/h5-7,11H,4H2,1-3H3. The molecule has 0 aliphatic carbocycles. The Balaban J connectivity index is 2.87. The average Bonchev–Trinajstić information content (AvgIpc) is 2.03. The van der Waals surface area contributed by atoms with Crippen molar-refractivity contribution in [1.82, 2.24) is 0 Å². The van der Waals surface area contributed by atoms with Crippen LogP contribution in [-0.4, -0.2) is 11.5 Å². The Hall–Kier alpha value is -0.430. The minimum Gasteiger partial charge on any atom is -0.346 e. The molecule has 0 saturated heterocycles. The van der Waals surface area contributed by atoms with Gasteiger partial charge in [-0.05, 0) is 32.9 Å². The Morgan fingerprint density at radius 3 is 2.23 bits per heavy atom. The maximum Gasteiger partial charge on any atom is 0.202 e. The van der Waals surface area contributed by atoms with E-state index in [1.54, 1.807) is 0 Å². The van der Waals surface area contributed by atoms with Gasteiger partial charge >= 0.3 is 0 Å². The minimum absolute atomic E-state index is 0.551. The molecule has 0 spiro atoms. The molecule has 0 aromatic heterocycles. The normalized spacial score (nSPS) is 12.9. The monoisotopic (exact) mass is 198 g/mol. The van der Waals surface area contributed by atoms with E-state index in [9.17, 15) is 4.89 Å². The minimum atomic E-state index is -1.41. The van der Waals surface area contributed by atoms with Gasteiger partial charge in [-0.1, -0.05) is 17.2 Å². The van der Waals surface area contributed by atoms with Gasteiger partial charge < -0.3 is 9.42 Å². The molecule has 0 aliphatic rings. The molecule has 0 amide bonds. The summed E-state index contributed by atoms with van der Waals surface area (Å²) < 4.78 is 5.16. The molecule has 1 aromatic carbocycles. The van der Waals surface area contributed by atoms with E-state index in [0.29, 0.717) is 6.61 Å². The van der Waals surface area contributed by atoms with Gasteiger partial charge in [0.15, 0.2) is 0 Å². The van der Waals surface area contributed by atoms with Crippen LogP contribution in [0.1, 0.15) is 18.1 Å². The molecule has 0 fully saturated rings. The molecule has 2 nitrogen and oxygen atoms in total. The van der Waals surface area contributed by atoms with Crippen LogP contribution >= 0.6 is 8.38 Å². The highest BCUT2D eigenvalue weighted by molar-refractivity contribution is 7.55. The van der Waals surface area contributed by atoms with Crippen LogP contribution in [0.25, 0.3) is 0 Å². The summed E-state index contributed by atoms with van der Waals surface area (Å²) in [4.78, 5) is 9.61. The number of rotatable bonds is 3. The Kier molecular flexibility index (Phi) is 3.86. The molecule has 1 unspecified atom stereocenters. The van der Waals surface area contributed by atoms with E-state index in [1.165, 1.54) is 0 Å². The van der Waals surface area contributed by atoms with Crippen molar-refractivity contribution >= 4 is 13.7 Å². The second-order valence-corrected chi connectivity index (χ2v) is 4.36. The van der Waals surface area contributed by atoms with E-state index in [1.807, 2.05) is 32.9 Å². The third-order valence-electron chi connectivity index (χ3n) is 1.68. The Morgan fingerprint density at radius 2 is 1.77 bits per heavy atom. The summed E-state index contributed by atoms with van der Waals surface area (Å²) in [7, 11) is -1.41. The van der Waals surface area contributed by atoms with Crippen LogP contribution in [0, 0.1) is 13.8 Å². The largest absolute Gasteiger partial charge is 0.346 e. The second kappa shape index (κ2) is 4.71. The molecule has 0 saturated carbocycles. The summed E-state index contributed by atoms with van der Waals surface area (Å²) in [5.74, 6) is 0. The fourth-order valence-corrected chi connectivity index (χ4v) is 2.28. The van der Waals surface area contributed by atoms with Crippen LogP contribution in [-0.2, 0) is 4.52 Å². The van der Waals surface area contributed by atoms with Crippen molar-refractivity contribution < 1.29 is 9.42 Å². The molecule has 0 heterocycles. The molecule has 1 N–H and O–H groups in total. The van der Waals surface area contributed by atoms with E-state index in [0.717, 1.165) is 16.4 Å². The zero-order valence-corrected chi connectivity index (χ0v) is 9.14. The van der Waals surface area contributed by atoms with Gasteiger partial charge in [0.25, 0.3) is 0 Å². The molecule has 0 radical (unpaired) electrons. The van der Waals surface area contributed by atoms with Gasteiger partial charge in [0.1, 0.15) is 0 Å². The van der Waals surface area contributed by atoms with Gasteiger partial charge in [-0.2, -0.15) is 0 Å². The van der Waals surface area contributed by atoms with Gasteiger partial charge in [0.05, 0.1) is 6.61 Å². The Morgan fingerprint density at radius 1 is 1.23 bits per heavy atom. The third-order valence-corrected chi connectivity index (χ3v) is 2.88. The highest BCUT2D eigenvalue weighted by atomic mass is 31.2. The lowest BCUT2D eigenvalue weighted by molar-refractivity contribution is 0.337. The van der Waals surface area contributed by atoms with Gasteiger partial charge in [0.2, 0.25) is 8.38 Å². The maximum absolute atomic E-state index is 9.61. The highest BCUT2D eigenvalue weighted by Crippen LogP contribution is 2.30. The fourth-order valence-electron chi connectivity index (χ4n) is 1.26.